The molecule has 0 aromatic rings. The van der Waals surface area contributed by atoms with Crippen LogP contribution in [0.15, 0.2) is 0 Å². The zero-order valence-electron chi connectivity index (χ0n) is 13.4. The minimum atomic E-state index is -0.931. The van der Waals surface area contributed by atoms with Gasteiger partial charge in [0.05, 0.1) is 19.7 Å². The van der Waals surface area contributed by atoms with Crippen LogP contribution in [0.1, 0.15) is 26.7 Å². The fraction of sp³-hybridized carbons (Fsp3) is 0.867. The van der Waals surface area contributed by atoms with Gasteiger partial charge in [0.2, 0.25) is 5.91 Å². The minimum Gasteiger partial charge on any atom is -0.362 e. The summed E-state index contributed by atoms with van der Waals surface area (Å²) in [6, 6.07) is 0. The van der Waals surface area contributed by atoms with Gasteiger partial charge in [0, 0.05) is 13.6 Å². The third kappa shape index (κ3) is 3.95. The molecule has 2 aliphatic heterocycles. The Bertz CT molecular complexity index is 394. The van der Waals surface area contributed by atoms with E-state index in [1.165, 1.54) is 0 Å². The summed E-state index contributed by atoms with van der Waals surface area (Å²) in [7, 11) is 1.59. The van der Waals surface area contributed by atoms with E-state index in [1.54, 1.807) is 18.9 Å². The van der Waals surface area contributed by atoms with Crippen LogP contribution >= 0.6 is 0 Å². The minimum absolute atomic E-state index is 0.1000. The Morgan fingerprint density at radius 2 is 1.95 bits per heavy atom. The number of carbonyl (C=O) groups excluding carboxylic acids is 2. The number of amides is 2. The molecular formula is C15H27N3O3. The van der Waals surface area contributed by atoms with E-state index in [9.17, 15) is 9.59 Å². The number of rotatable bonds is 3. The van der Waals surface area contributed by atoms with Crippen LogP contribution in [0, 0.1) is 5.92 Å². The summed E-state index contributed by atoms with van der Waals surface area (Å²) in [5.41, 5.74) is -0.931. The van der Waals surface area contributed by atoms with E-state index in [0.717, 1.165) is 31.8 Å². The van der Waals surface area contributed by atoms with Crippen molar-refractivity contribution in [1.29, 1.82) is 0 Å². The zero-order valence-corrected chi connectivity index (χ0v) is 13.4. The molecule has 6 nitrogen and oxygen atoms in total. The van der Waals surface area contributed by atoms with Crippen molar-refractivity contribution in [3.8, 4) is 0 Å². The monoisotopic (exact) mass is 297 g/mol. The summed E-state index contributed by atoms with van der Waals surface area (Å²) in [6.45, 7) is 7.74. The van der Waals surface area contributed by atoms with Gasteiger partial charge < -0.3 is 15.0 Å². The maximum absolute atomic E-state index is 12.4. The number of nitrogens with one attached hydrogen (secondary N) is 1. The molecule has 1 atom stereocenters. The lowest BCUT2D eigenvalue weighted by Gasteiger charge is -2.40. The number of morpholine rings is 1. The molecule has 0 bridgehead atoms. The van der Waals surface area contributed by atoms with Crippen molar-refractivity contribution >= 4 is 11.8 Å². The van der Waals surface area contributed by atoms with Gasteiger partial charge in [-0.3, -0.25) is 14.5 Å². The van der Waals surface area contributed by atoms with Gasteiger partial charge in [-0.2, -0.15) is 0 Å². The Hall–Kier alpha value is -1.14. The first-order valence-corrected chi connectivity index (χ1v) is 7.81. The lowest BCUT2D eigenvalue weighted by Crippen LogP contribution is -2.60. The predicted octanol–water partition coefficient (Wildman–Crippen LogP) is 0.0818. The summed E-state index contributed by atoms with van der Waals surface area (Å²) in [6.07, 6.45) is 2.32. The van der Waals surface area contributed by atoms with Gasteiger partial charge >= 0.3 is 0 Å². The summed E-state index contributed by atoms with van der Waals surface area (Å²) < 4.78 is 5.58. The molecular weight excluding hydrogens is 270 g/mol. The highest BCUT2D eigenvalue weighted by molar-refractivity contribution is 5.86. The van der Waals surface area contributed by atoms with Crippen LogP contribution in [0.25, 0.3) is 0 Å². The lowest BCUT2D eigenvalue weighted by molar-refractivity contribution is -0.163. The summed E-state index contributed by atoms with van der Waals surface area (Å²) in [5, 5.41) is 2.61. The molecule has 0 aromatic heterocycles. The Morgan fingerprint density at radius 3 is 2.57 bits per heavy atom. The number of ether oxygens (including phenoxy) is 1. The largest absolute Gasteiger partial charge is 0.362 e. The lowest BCUT2D eigenvalue weighted by atomic mass is 9.99. The molecule has 6 heteroatoms. The van der Waals surface area contributed by atoms with Crippen molar-refractivity contribution in [2.45, 2.75) is 32.3 Å². The molecule has 2 aliphatic rings. The smallest absolute Gasteiger partial charge is 0.253 e. The van der Waals surface area contributed by atoms with Crippen LogP contribution in [0.3, 0.4) is 0 Å². The second kappa shape index (κ2) is 6.75. The van der Waals surface area contributed by atoms with Gasteiger partial charge in [-0.1, -0.05) is 6.92 Å². The molecule has 21 heavy (non-hydrogen) atoms. The predicted molar refractivity (Wildman–Crippen MR) is 79.8 cm³/mol. The van der Waals surface area contributed by atoms with Crippen LogP contribution in [0.4, 0.5) is 0 Å². The van der Waals surface area contributed by atoms with E-state index in [4.69, 9.17) is 4.74 Å². The van der Waals surface area contributed by atoms with Crippen LogP contribution in [-0.4, -0.2) is 73.6 Å². The molecule has 0 aliphatic carbocycles. The number of likely N-dealkylation sites (tertiary alicyclic amines) is 1. The molecule has 120 valence electrons. The first-order chi connectivity index (χ1) is 9.94. The van der Waals surface area contributed by atoms with Crippen LogP contribution in [0.5, 0.6) is 0 Å². The molecule has 0 spiro atoms. The van der Waals surface area contributed by atoms with E-state index in [0.29, 0.717) is 26.2 Å². The standard InChI is InChI=1S/C15H27N3O3/c1-12-4-6-17(7-5-12)10-13(19)18-8-9-21-15(2,11-18)14(20)16-3/h12H,4-11H2,1-3H3,(H,16,20)/t15-/m0/s1. The SMILES string of the molecule is CNC(=O)[C@]1(C)CN(C(=O)CN2CCC(C)CC2)CCO1. The summed E-state index contributed by atoms with van der Waals surface area (Å²) >= 11 is 0. The van der Waals surface area contributed by atoms with Crippen molar-refractivity contribution in [2.24, 2.45) is 5.92 Å². The maximum atomic E-state index is 12.4. The van der Waals surface area contributed by atoms with Crippen molar-refractivity contribution in [3.63, 3.8) is 0 Å². The third-order valence-electron chi connectivity index (χ3n) is 4.57. The Morgan fingerprint density at radius 1 is 1.29 bits per heavy atom. The van der Waals surface area contributed by atoms with Crippen LogP contribution < -0.4 is 5.32 Å². The first kappa shape index (κ1) is 16.2. The van der Waals surface area contributed by atoms with Gasteiger partial charge in [0.25, 0.3) is 5.91 Å². The highest BCUT2D eigenvalue weighted by Gasteiger charge is 2.40. The topological polar surface area (TPSA) is 61.9 Å². The second-order valence-corrected chi connectivity index (χ2v) is 6.43. The summed E-state index contributed by atoms with van der Waals surface area (Å²) in [5.74, 6) is 0.686. The molecule has 2 amide bonds. The molecule has 0 unspecified atom stereocenters. The maximum Gasteiger partial charge on any atom is 0.253 e. The zero-order chi connectivity index (χ0) is 15.5. The van der Waals surface area contributed by atoms with E-state index in [-0.39, 0.29) is 11.8 Å². The molecule has 2 rings (SSSR count). The van der Waals surface area contributed by atoms with Gasteiger partial charge in [0.1, 0.15) is 0 Å². The molecule has 0 radical (unpaired) electrons. The van der Waals surface area contributed by atoms with Crippen molar-refractivity contribution in [2.75, 3.05) is 46.4 Å². The number of likely N-dealkylation sites (N-methyl/N-ethyl adjacent to an activating group) is 1. The van der Waals surface area contributed by atoms with Crippen molar-refractivity contribution in [3.05, 3.63) is 0 Å². The third-order valence-corrected chi connectivity index (χ3v) is 4.57. The number of hydrogen-bond acceptors (Lipinski definition) is 4. The first-order valence-electron chi connectivity index (χ1n) is 7.81. The van der Waals surface area contributed by atoms with Crippen LogP contribution in [0.2, 0.25) is 0 Å². The highest BCUT2D eigenvalue weighted by Crippen LogP contribution is 2.19. The van der Waals surface area contributed by atoms with Gasteiger partial charge in [-0.25, -0.2) is 0 Å². The van der Waals surface area contributed by atoms with E-state index in [2.05, 4.69) is 17.1 Å². The van der Waals surface area contributed by atoms with Crippen LogP contribution in [-0.2, 0) is 14.3 Å². The highest BCUT2D eigenvalue weighted by atomic mass is 16.5. The number of nitrogens with zero attached hydrogens (tertiary/aromatic N) is 2. The Balaban J connectivity index is 1.89. The quantitative estimate of drug-likeness (QED) is 0.801. The number of hydrogen-bond donors (Lipinski definition) is 1. The Kier molecular flexibility index (Phi) is 5.22. The van der Waals surface area contributed by atoms with E-state index in [1.807, 2.05) is 0 Å². The molecule has 2 fully saturated rings. The summed E-state index contributed by atoms with van der Waals surface area (Å²) in [4.78, 5) is 28.3. The molecule has 0 aromatic carbocycles. The van der Waals surface area contributed by atoms with Gasteiger partial charge in [0.15, 0.2) is 5.60 Å². The fourth-order valence-corrected chi connectivity index (χ4v) is 3.00. The van der Waals surface area contributed by atoms with Gasteiger partial charge in [-0.15, -0.1) is 0 Å². The Labute approximate surface area is 126 Å². The average molecular weight is 297 g/mol. The van der Waals surface area contributed by atoms with Crippen molar-refractivity contribution in [1.82, 2.24) is 15.1 Å². The molecule has 0 saturated carbocycles. The van der Waals surface area contributed by atoms with Crippen molar-refractivity contribution < 1.29 is 14.3 Å². The van der Waals surface area contributed by atoms with E-state index >= 15 is 0 Å². The van der Waals surface area contributed by atoms with E-state index < -0.39 is 5.60 Å². The molecule has 2 heterocycles. The number of piperidine rings is 1. The normalized spacial score (nSPS) is 28.4. The average Bonchev–Trinajstić information content (AvgIpc) is 2.48. The number of carbonyl (C=O) groups is 2. The van der Waals surface area contributed by atoms with Gasteiger partial charge in [-0.05, 0) is 38.8 Å². The second-order valence-electron chi connectivity index (χ2n) is 6.43. The molecule has 1 N–H and O–H groups in total. The fourth-order valence-electron chi connectivity index (χ4n) is 3.00. The molecule has 2 saturated heterocycles.